The molecule has 0 aromatic carbocycles. The number of nitrogens with zero attached hydrogens (tertiary/aromatic N) is 4. The van der Waals surface area contributed by atoms with Gasteiger partial charge in [0.05, 0.1) is 0 Å². The summed E-state index contributed by atoms with van der Waals surface area (Å²) < 4.78 is 6.89. The molecule has 0 spiro atoms. The predicted octanol–water partition coefficient (Wildman–Crippen LogP) is 2.02. The van der Waals surface area contributed by atoms with Gasteiger partial charge in [0, 0.05) is 36.9 Å². The number of carbonyl (C=O) groups excluding carboxylic acids is 1. The quantitative estimate of drug-likeness (QED) is 0.527. The Kier molecular flexibility index (Phi) is 6.83. The van der Waals surface area contributed by atoms with Crippen LogP contribution in [0, 0.1) is 0 Å². The van der Waals surface area contributed by atoms with E-state index in [0.717, 1.165) is 18.4 Å². The molecule has 0 bridgehead atoms. The lowest BCUT2D eigenvalue weighted by Crippen LogP contribution is -2.41. The molecule has 0 radical (unpaired) electrons. The smallest absolute Gasteiger partial charge is 0.330 e. The Bertz CT molecular complexity index is 1110. The maximum absolute atomic E-state index is 12.8. The molecule has 1 amide bonds. The summed E-state index contributed by atoms with van der Waals surface area (Å²) in [5.41, 5.74) is 5.67. The maximum atomic E-state index is 12.8. The van der Waals surface area contributed by atoms with Crippen molar-refractivity contribution in [1.29, 1.82) is 0 Å². The molecule has 0 saturated heterocycles. The van der Waals surface area contributed by atoms with Gasteiger partial charge in [-0.25, -0.2) is 4.79 Å². The number of nitrogen functional groups attached to an aromatic ring is 1. The Hall–Kier alpha value is -3.21. The number of aryl methyl sites for hydroxylation is 1. The van der Waals surface area contributed by atoms with Gasteiger partial charge in [-0.3, -0.25) is 19.1 Å². The summed E-state index contributed by atoms with van der Waals surface area (Å²) in [6, 6.07) is 1.87. The number of carbonyl (C=O) groups is 1. The van der Waals surface area contributed by atoms with Gasteiger partial charge >= 0.3 is 5.69 Å². The molecule has 3 rings (SSSR count). The standard InChI is InChI=1S/C19H24N6O4S/c1-3-5-9-25-16(20)15(17(27)21-19(25)28)24(4-2)14(26)7-6-13-22-23-18(29-13)12-8-10-30-11-12/h8,10-11H,3-7,9,20H2,1-2H3,(H,21,27,28). The molecule has 3 aromatic rings. The minimum absolute atomic E-state index is 0.00932. The van der Waals surface area contributed by atoms with E-state index in [0.29, 0.717) is 18.3 Å². The van der Waals surface area contributed by atoms with Crippen molar-refractivity contribution in [3.8, 4) is 11.5 Å². The minimum atomic E-state index is -0.682. The number of hydrogen-bond donors (Lipinski definition) is 2. The topological polar surface area (TPSA) is 140 Å². The number of amides is 1. The summed E-state index contributed by atoms with van der Waals surface area (Å²) in [4.78, 5) is 40.9. The van der Waals surface area contributed by atoms with Gasteiger partial charge in [0.15, 0.2) is 5.69 Å². The van der Waals surface area contributed by atoms with Crippen LogP contribution in [0.25, 0.3) is 11.5 Å². The third-order valence-electron chi connectivity index (χ3n) is 4.62. The predicted molar refractivity (Wildman–Crippen MR) is 115 cm³/mol. The third-order valence-corrected chi connectivity index (χ3v) is 5.31. The molecule has 0 aliphatic carbocycles. The number of rotatable bonds is 9. The molecule has 0 atom stereocenters. The second kappa shape index (κ2) is 9.53. The average Bonchev–Trinajstić information content (AvgIpc) is 3.40. The molecule has 3 aromatic heterocycles. The number of hydrogen-bond acceptors (Lipinski definition) is 8. The van der Waals surface area contributed by atoms with E-state index >= 15 is 0 Å². The van der Waals surface area contributed by atoms with E-state index in [1.165, 1.54) is 20.8 Å². The summed E-state index contributed by atoms with van der Waals surface area (Å²) >= 11 is 1.52. The highest BCUT2D eigenvalue weighted by atomic mass is 32.1. The number of unbranched alkanes of at least 4 members (excludes halogenated alkanes) is 1. The molecule has 0 saturated carbocycles. The molecule has 0 aliphatic heterocycles. The third kappa shape index (κ3) is 4.51. The molecule has 0 aliphatic rings. The second-order valence-corrected chi connectivity index (χ2v) is 7.43. The van der Waals surface area contributed by atoms with Crippen LogP contribution in [0.3, 0.4) is 0 Å². The van der Waals surface area contributed by atoms with Crippen LogP contribution in [-0.2, 0) is 17.8 Å². The largest absolute Gasteiger partial charge is 0.421 e. The van der Waals surface area contributed by atoms with Crippen molar-refractivity contribution >= 4 is 28.7 Å². The van der Waals surface area contributed by atoms with E-state index in [2.05, 4.69) is 15.2 Å². The van der Waals surface area contributed by atoms with Crippen molar-refractivity contribution in [3.63, 3.8) is 0 Å². The molecular weight excluding hydrogens is 408 g/mol. The van der Waals surface area contributed by atoms with Gasteiger partial charge in [-0.1, -0.05) is 13.3 Å². The summed E-state index contributed by atoms with van der Waals surface area (Å²) in [6.45, 7) is 4.31. The van der Waals surface area contributed by atoms with Gasteiger partial charge in [0.2, 0.25) is 17.7 Å². The molecule has 160 valence electrons. The molecule has 0 unspecified atom stereocenters. The lowest BCUT2D eigenvalue weighted by atomic mass is 10.2. The molecule has 10 nitrogen and oxygen atoms in total. The van der Waals surface area contributed by atoms with E-state index < -0.39 is 11.2 Å². The zero-order valence-corrected chi connectivity index (χ0v) is 17.7. The summed E-state index contributed by atoms with van der Waals surface area (Å²) in [7, 11) is 0. The Morgan fingerprint density at radius 2 is 2.13 bits per heavy atom. The fourth-order valence-electron chi connectivity index (χ4n) is 3.04. The fourth-order valence-corrected chi connectivity index (χ4v) is 3.67. The molecule has 3 heterocycles. The normalized spacial score (nSPS) is 11.0. The van der Waals surface area contributed by atoms with Crippen LogP contribution in [0.15, 0.2) is 30.8 Å². The van der Waals surface area contributed by atoms with Crippen molar-refractivity contribution in [2.45, 2.75) is 46.1 Å². The second-order valence-electron chi connectivity index (χ2n) is 6.65. The first-order valence-electron chi connectivity index (χ1n) is 9.74. The van der Waals surface area contributed by atoms with E-state index in [9.17, 15) is 14.4 Å². The minimum Gasteiger partial charge on any atom is -0.421 e. The number of nitrogens with one attached hydrogen (secondary N) is 1. The van der Waals surface area contributed by atoms with Crippen molar-refractivity contribution in [1.82, 2.24) is 19.7 Å². The van der Waals surface area contributed by atoms with E-state index in [1.54, 1.807) is 6.92 Å². The summed E-state index contributed by atoms with van der Waals surface area (Å²) in [6.07, 6.45) is 1.85. The van der Waals surface area contributed by atoms with Crippen molar-refractivity contribution in [3.05, 3.63) is 43.6 Å². The zero-order valence-electron chi connectivity index (χ0n) is 16.9. The fraction of sp³-hybridized carbons (Fsp3) is 0.421. The van der Waals surface area contributed by atoms with Gasteiger partial charge in [0.1, 0.15) is 5.82 Å². The van der Waals surface area contributed by atoms with Crippen LogP contribution in [0.1, 0.15) is 39.0 Å². The number of aromatic amines is 1. The molecule has 30 heavy (non-hydrogen) atoms. The molecule has 3 N–H and O–H groups in total. The van der Waals surface area contributed by atoms with E-state index in [4.69, 9.17) is 10.2 Å². The Labute approximate surface area is 176 Å². The number of H-pyrrole nitrogens is 1. The maximum Gasteiger partial charge on any atom is 0.330 e. The number of nitrogens with two attached hydrogens (primary N) is 1. The van der Waals surface area contributed by atoms with Gasteiger partial charge in [-0.05, 0) is 24.8 Å². The van der Waals surface area contributed by atoms with Crippen LogP contribution in [0.4, 0.5) is 11.5 Å². The van der Waals surface area contributed by atoms with Crippen molar-refractivity contribution in [2.24, 2.45) is 0 Å². The van der Waals surface area contributed by atoms with Gasteiger partial charge in [-0.2, -0.15) is 11.3 Å². The average molecular weight is 433 g/mol. The first-order chi connectivity index (χ1) is 14.5. The molecule has 11 heteroatoms. The Balaban J connectivity index is 1.78. The van der Waals surface area contributed by atoms with Crippen LogP contribution in [0.2, 0.25) is 0 Å². The highest BCUT2D eigenvalue weighted by molar-refractivity contribution is 7.08. The van der Waals surface area contributed by atoms with Crippen LogP contribution < -0.4 is 21.9 Å². The van der Waals surface area contributed by atoms with E-state index in [1.807, 2.05) is 23.8 Å². The number of thiophene rings is 1. The first kappa shape index (κ1) is 21.5. The van der Waals surface area contributed by atoms with Gasteiger partial charge in [-0.15, -0.1) is 10.2 Å². The summed E-state index contributed by atoms with van der Waals surface area (Å²) in [5, 5.41) is 11.8. The summed E-state index contributed by atoms with van der Waals surface area (Å²) in [5.74, 6) is 0.390. The highest BCUT2D eigenvalue weighted by Crippen LogP contribution is 2.22. The van der Waals surface area contributed by atoms with E-state index in [-0.39, 0.29) is 36.8 Å². The molecule has 0 fully saturated rings. The number of aromatic nitrogens is 4. The van der Waals surface area contributed by atoms with Crippen molar-refractivity contribution < 1.29 is 9.21 Å². The first-order valence-corrected chi connectivity index (χ1v) is 10.7. The Morgan fingerprint density at radius 1 is 1.33 bits per heavy atom. The molecular formula is C19H24N6O4S. The Morgan fingerprint density at radius 3 is 2.80 bits per heavy atom. The van der Waals surface area contributed by atoms with Gasteiger partial charge < -0.3 is 15.1 Å². The van der Waals surface area contributed by atoms with Crippen LogP contribution >= 0.6 is 11.3 Å². The van der Waals surface area contributed by atoms with Crippen molar-refractivity contribution in [2.75, 3.05) is 17.2 Å². The van der Waals surface area contributed by atoms with Crippen LogP contribution in [0.5, 0.6) is 0 Å². The number of anilines is 2. The highest BCUT2D eigenvalue weighted by Gasteiger charge is 2.23. The van der Waals surface area contributed by atoms with Crippen LogP contribution in [-0.4, -0.2) is 32.2 Å². The lowest BCUT2D eigenvalue weighted by Gasteiger charge is -2.23. The monoisotopic (exact) mass is 432 g/mol. The SMILES string of the molecule is CCCCn1c(N)c(N(CC)C(=O)CCc2nnc(-c3ccsc3)o2)c(=O)[nH]c1=O. The van der Waals surface area contributed by atoms with Gasteiger partial charge in [0.25, 0.3) is 5.56 Å². The zero-order chi connectivity index (χ0) is 21.7. The lowest BCUT2D eigenvalue weighted by molar-refractivity contribution is -0.118.